The Hall–Kier alpha value is -2.29. The van der Waals surface area contributed by atoms with E-state index in [4.69, 9.17) is 4.74 Å². The van der Waals surface area contributed by atoms with Gasteiger partial charge in [0, 0.05) is 30.1 Å². The van der Waals surface area contributed by atoms with E-state index in [-0.39, 0.29) is 17.0 Å². The van der Waals surface area contributed by atoms with Crippen LogP contribution in [0.15, 0.2) is 47.8 Å². The van der Waals surface area contributed by atoms with Crippen LogP contribution in [0.3, 0.4) is 0 Å². The molecule has 1 saturated heterocycles. The van der Waals surface area contributed by atoms with E-state index < -0.39 is 10.0 Å². The van der Waals surface area contributed by atoms with Gasteiger partial charge in [-0.25, -0.2) is 13.1 Å². The Bertz CT molecular complexity index is 1050. The van der Waals surface area contributed by atoms with E-state index in [2.05, 4.69) is 14.8 Å². The van der Waals surface area contributed by atoms with Gasteiger partial charge in [0.15, 0.2) is 5.03 Å². The number of nitrogens with zero attached hydrogens (tertiary/aromatic N) is 3. The Morgan fingerprint density at radius 1 is 1.26 bits per heavy atom. The zero-order valence-corrected chi connectivity index (χ0v) is 16.1. The average molecular weight is 386 g/mol. The summed E-state index contributed by atoms with van der Waals surface area (Å²) in [6.45, 7) is 2.63. The Balaban J connectivity index is 1.58. The monoisotopic (exact) mass is 386 g/mol. The normalized spacial score (nSPS) is 20.4. The highest BCUT2D eigenvalue weighted by Crippen LogP contribution is 2.25. The van der Waals surface area contributed by atoms with Crippen molar-refractivity contribution in [1.82, 2.24) is 19.5 Å². The molecule has 0 bridgehead atoms. The summed E-state index contributed by atoms with van der Waals surface area (Å²) in [5.41, 5.74) is 2.72. The number of hydrogen-bond donors (Lipinski definition) is 1. The van der Waals surface area contributed by atoms with Crippen LogP contribution >= 0.6 is 0 Å². The van der Waals surface area contributed by atoms with Gasteiger partial charge in [0.2, 0.25) is 0 Å². The van der Waals surface area contributed by atoms with Gasteiger partial charge >= 0.3 is 0 Å². The molecule has 1 N–H and O–H groups in total. The van der Waals surface area contributed by atoms with Gasteiger partial charge in [0.25, 0.3) is 10.0 Å². The van der Waals surface area contributed by atoms with Gasteiger partial charge in [-0.15, -0.1) is 0 Å². The smallest absolute Gasteiger partial charge is 0.258 e. The maximum atomic E-state index is 12.9. The van der Waals surface area contributed by atoms with Crippen molar-refractivity contribution < 1.29 is 13.2 Å². The van der Waals surface area contributed by atoms with Crippen LogP contribution in [-0.4, -0.2) is 42.4 Å². The van der Waals surface area contributed by atoms with Gasteiger partial charge in [-0.3, -0.25) is 9.67 Å². The first-order valence-corrected chi connectivity index (χ1v) is 10.4. The number of para-hydroxylation sites is 1. The van der Waals surface area contributed by atoms with Crippen LogP contribution in [-0.2, 0) is 28.2 Å². The molecular formula is C19H22N4O3S. The first-order chi connectivity index (χ1) is 13.0. The van der Waals surface area contributed by atoms with E-state index in [0.717, 1.165) is 22.9 Å². The lowest BCUT2D eigenvalue weighted by Gasteiger charge is -2.20. The van der Waals surface area contributed by atoms with Crippen molar-refractivity contribution in [2.75, 3.05) is 13.2 Å². The van der Waals surface area contributed by atoms with Crippen molar-refractivity contribution in [3.63, 3.8) is 0 Å². The van der Waals surface area contributed by atoms with Gasteiger partial charge in [0.1, 0.15) is 0 Å². The molecule has 2 atom stereocenters. The number of pyridine rings is 1. The first kappa shape index (κ1) is 18.1. The number of sulfonamides is 1. The Labute approximate surface area is 158 Å². The molecule has 1 aromatic carbocycles. The summed E-state index contributed by atoms with van der Waals surface area (Å²) in [5.74, 6) is 0.0547. The first-order valence-electron chi connectivity index (χ1n) is 8.87. The molecule has 8 heteroatoms. The van der Waals surface area contributed by atoms with E-state index in [9.17, 15) is 8.42 Å². The number of rotatable bonds is 5. The molecule has 7 nitrogen and oxygen atoms in total. The molecule has 27 heavy (non-hydrogen) atoms. The predicted octanol–water partition coefficient (Wildman–Crippen LogP) is 1.81. The minimum atomic E-state index is -3.67. The van der Waals surface area contributed by atoms with Crippen LogP contribution < -0.4 is 4.72 Å². The molecule has 0 unspecified atom stereocenters. The second-order valence-electron chi connectivity index (χ2n) is 6.97. The van der Waals surface area contributed by atoms with Crippen molar-refractivity contribution >= 4 is 20.9 Å². The highest BCUT2D eigenvalue weighted by Gasteiger charge is 2.34. The molecule has 0 spiro atoms. The van der Waals surface area contributed by atoms with Gasteiger partial charge in [-0.1, -0.05) is 18.2 Å². The number of ether oxygens (including phenoxy) is 1. The highest BCUT2D eigenvalue weighted by atomic mass is 32.2. The van der Waals surface area contributed by atoms with Crippen LogP contribution in [0, 0.1) is 12.8 Å². The third-order valence-corrected chi connectivity index (χ3v) is 6.75. The summed E-state index contributed by atoms with van der Waals surface area (Å²) in [6.07, 6.45) is 4.08. The topological polar surface area (TPSA) is 86.1 Å². The summed E-state index contributed by atoms with van der Waals surface area (Å²) in [7, 11) is -2.04. The fourth-order valence-electron chi connectivity index (χ4n) is 3.72. The summed E-state index contributed by atoms with van der Waals surface area (Å²) < 4.78 is 35.6. The Kier molecular flexibility index (Phi) is 4.71. The third kappa shape index (κ3) is 3.47. The molecule has 0 saturated carbocycles. The molecule has 3 heterocycles. The van der Waals surface area contributed by atoms with Crippen LogP contribution in [0.5, 0.6) is 0 Å². The second-order valence-corrected chi connectivity index (χ2v) is 8.60. The van der Waals surface area contributed by atoms with E-state index in [1.54, 1.807) is 26.4 Å². The van der Waals surface area contributed by atoms with Crippen molar-refractivity contribution in [3.05, 3.63) is 53.9 Å². The molecule has 1 fully saturated rings. The lowest BCUT2D eigenvalue weighted by Crippen LogP contribution is -2.41. The SMILES string of the molecule is Cc1cnn(C)c1S(=O)(=O)N[C@H]1COC[C@H]1Cc1ccnc2ccccc12. The molecule has 0 amide bonds. The maximum absolute atomic E-state index is 12.9. The number of aromatic nitrogens is 3. The number of hydrogen-bond acceptors (Lipinski definition) is 5. The molecular weight excluding hydrogens is 364 g/mol. The van der Waals surface area contributed by atoms with Crippen LogP contribution in [0.2, 0.25) is 0 Å². The van der Waals surface area contributed by atoms with Crippen LogP contribution in [0.1, 0.15) is 11.1 Å². The standard InChI is InChI=1S/C19H22N4O3S/c1-13-10-21-23(2)19(13)27(24,25)22-18-12-26-11-15(18)9-14-7-8-20-17-6-4-3-5-16(14)17/h3-8,10,15,18,22H,9,11-12H2,1-2H3/t15-,18+/m1/s1. The van der Waals surface area contributed by atoms with Crippen LogP contribution in [0.25, 0.3) is 10.9 Å². The minimum Gasteiger partial charge on any atom is -0.379 e. The van der Waals surface area contributed by atoms with Gasteiger partial charge < -0.3 is 4.74 Å². The third-order valence-electron chi connectivity index (χ3n) is 5.04. The van der Waals surface area contributed by atoms with Gasteiger partial charge in [0.05, 0.1) is 31.0 Å². The Morgan fingerprint density at radius 3 is 2.85 bits per heavy atom. The van der Waals surface area contributed by atoms with Crippen molar-refractivity contribution in [2.45, 2.75) is 24.4 Å². The summed E-state index contributed by atoms with van der Waals surface area (Å²) in [6, 6.07) is 9.70. The summed E-state index contributed by atoms with van der Waals surface area (Å²) in [5, 5.41) is 5.33. The summed E-state index contributed by atoms with van der Waals surface area (Å²) >= 11 is 0. The van der Waals surface area contributed by atoms with E-state index in [1.807, 2.05) is 30.3 Å². The molecule has 0 radical (unpaired) electrons. The lowest BCUT2D eigenvalue weighted by molar-refractivity contribution is 0.183. The lowest BCUT2D eigenvalue weighted by atomic mass is 9.93. The summed E-state index contributed by atoms with van der Waals surface area (Å²) in [4.78, 5) is 4.40. The zero-order chi connectivity index (χ0) is 19.0. The molecule has 2 aromatic heterocycles. The Morgan fingerprint density at radius 2 is 2.07 bits per heavy atom. The van der Waals surface area contributed by atoms with Crippen molar-refractivity contribution in [2.24, 2.45) is 13.0 Å². The van der Waals surface area contributed by atoms with Crippen molar-refractivity contribution in [1.29, 1.82) is 0 Å². The number of fused-ring (bicyclic) bond motifs is 1. The quantitative estimate of drug-likeness (QED) is 0.723. The molecule has 1 aliphatic heterocycles. The van der Waals surface area contributed by atoms with E-state index >= 15 is 0 Å². The number of aryl methyl sites for hydroxylation is 2. The maximum Gasteiger partial charge on any atom is 0.258 e. The van der Waals surface area contributed by atoms with Crippen LogP contribution in [0.4, 0.5) is 0 Å². The largest absolute Gasteiger partial charge is 0.379 e. The van der Waals surface area contributed by atoms with E-state index in [0.29, 0.717) is 18.8 Å². The zero-order valence-electron chi connectivity index (χ0n) is 15.3. The molecule has 1 aliphatic rings. The minimum absolute atomic E-state index is 0.0547. The van der Waals surface area contributed by atoms with E-state index in [1.165, 1.54) is 4.68 Å². The number of nitrogens with one attached hydrogen (secondary N) is 1. The second kappa shape index (κ2) is 7.03. The van der Waals surface area contributed by atoms with Gasteiger partial charge in [-0.2, -0.15) is 5.10 Å². The highest BCUT2D eigenvalue weighted by molar-refractivity contribution is 7.89. The molecule has 4 rings (SSSR count). The van der Waals surface area contributed by atoms with Crippen molar-refractivity contribution in [3.8, 4) is 0 Å². The molecule has 3 aromatic rings. The molecule has 0 aliphatic carbocycles. The predicted molar refractivity (Wildman–Crippen MR) is 102 cm³/mol. The molecule has 142 valence electrons. The van der Waals surface area contributed by atoms with Gasteiger partial charge in [-0.05, 0) is 31.0 Å². The fraction of sp³-hybridized carbons (Fsp3) is 0.368. The average Bonchev–Trinajstić information content (AvgIpc) is 3.21. The fourth-order valence-corrected chi connectivity index (χ4v) is 5.36. The number of benzene rings is 1.